The number of hydrogen-bond donors (Lipinski definition) is 0. The molecule has 0 amide bonds. The highest BCUT2D eigenvalue weighted by molar-refractivity contribution is 6.29. The fourth-order valence-electron chi connectivity index (χ4n) is 8.71. The predicted molar refractivity (Wildman–Crippen MR) is 110 cm³/mol. The van der Waals surface area contributed by atoms with Crippen LogP contribution >= 0.6 is 11.6 Å². The Morgan fingerprint density at radius 2 is 1.90 bits per heavy atom. The fourth-order valence-corrected chi connectivity index (χ4v) is 8.91. The summed E-state index contributed by atoms with van der Waals surface area (Å²) in [6.45, 7) is 8.32. The summed E-state index contributed by atoms with van der Waals surface area (Å²) >= 11 is 6.13. The zero-order valence-corrected chi connectivity index (χ0v) is 19.0. The highest BCUT2D eigenvalue weighted by Crippen LogP contribution is 2.77. The number of hydrogen-bond acceptors (Lipinski definition) is 5. The molecule has 8 atom stereocenters. The highest BCUT2D eigenvalue weighted by Gasteiger charge is 2.84. The van der Waals surface area contributed by atoms with Gasteiger partial charge in [0, 0.05) is 17.3 Å². The quantitative estimate of drug-likeness (QED) is 0.486. The van der Waals surface area contributed by atoms with Gasteiger partial charge in [-0.1, -0.05) is 19.4 Å². The first-order valence-electron chi connectivity index (χ1n) is 11.4. The predicted octanol–water partition coefficient (Wildman–Crippen LogP) is 3.96. The van der Waals surface area contributed by atoms with Crippen molar-refractivity contribution in [2.45, 2.75) is 95.4 Å². The van der Waals surface area contributed by atoms with Gasteiger partial charge in [0.2, 0.25) is 0 Å². The van der Waals surface area contributed by atoms with Gasteiger partial charge >= 0.3 is 0 Å². The van der Waals surface area contributed by atoms with Crippen molar-refractivity contribution in [2.75, 3.05) is 5.88 Å². The van der Waals surface area contributed by atoms with Crippen LogP contribution in [0.1, 0.15) is 66.2 Å². The Morgan fingerprint density at radius 1 is 1.13 bits per heavy atom. The Kier molecular flexibility index (Phi) is 3.71. The van der Waals surface area contributed by atoms with E-state index in [1.54, 1.807) is 0 Å². The number of ether oxygens (including phenoxy) is 3. The lowest BCUT2D eigenvalue weighted by molar-refractivity contribution is -0.209. The van der Waals surface area contributed by atoms with Crippen LogP contribution in [-0.4, -0.2) is 46.6 Å². The first-order chi connectivity index (χ1) is 14.0. The largest absolute Gasteiger partial charge is 0.365 e. The summed E-state index contributed by atoms with van der Waals surface area (Å²) in [6.07, 6.45) is 6.71. The minimum atomic E-state index is -0.999. The summed E-state index contributed by atoms with van der Waals surface area (Å²) in [7, 11) is 0. The van der Waals surface area contributed by atoms with Crippen molar-refractivity contribution in [1.82, 2.24) is 0 Å². The zero-order valence-electron chi connectivity index (χ0n) is 18.3. The van der Waals surface area contributed by atoms with Crippen LogP contribution in [-0.2, 0) is 23.8 Å². The average Bonchev–Trinajstić information content (AvgIpc) is 3.25. The molecule has 6 heteroatoms. The molecule has 30 heavy (non-hydrogen) atoms. The van der Waals surface area contributed by atoms with E-state index in [-0.39, 0.29) is 52.0 Å². The van der Waals surface area contributed by atoms with E-state index < -0.39 is 11.4 Å². The molecule has 2 saturated heterocycles. The number of carbonyl (C=O) groups is 2. The van der Waals surface area contributed by atoms with Gasteiger partial charge in [-0.3, -0.25) is 9.59 Å². The van der Waals surface area contributed by atoms with Gasteiger partial charge in [-0.05, 0) is 63.9 Å². The van der Waals surface area contributed by atoms with Crippen LogP contribution in [0.15, 0.2) is 11.6 Å². The van der Waals surface area contributed by atoms with Gasteiger partial charge in [0.25, 0.3) is 0 Å². The minimum absolute atomic E-state index is 0.0521. The molecule has 164 valence electrons. The molecule has 1 spiro atoms. The monoisotopic (exact) mass is 434 g/mol. The van der Waals surface area contributed by atoms with E-state index in [2.05, 4.69) is 13.8 Å². The molecule has 0 aromatic heterocycles. The molecule has 5 nitrogen and oxygen atoms in total. The topological polar surface area (TPSA) is 65.1 Å². The van der Waals surface area contributed by atoms with E-state index in [1.165, 1.54) is 5.57 Å². The first-order valence-corrected chi connectivity index (χ1v) is 12.0. The summed E-state index contributed by atoms with van der Waals surface area (Å²) in [5.41, 5.74) is -0.381. The molecule has 5 fully saturated rings. The smallest absolute Gasteiger partial charge is 0.182 e. The van der Waals surface area contributed by atoms with Crippen molar-refractivity contribution in [2.24, 2.45) is 22.7 Å². The van der Waals surface area contributed by atoms with Crippen LogP contribution in [0.25, 0.3) is 0 Å². The SMILES string of the molecule is CC1(C)O[C@@H]2C[C@H]3[C@@H]4CCC5=CC(=O)CC[C@]5(C)[C@]45O[C@H]5C[C@]3(C)[C@]2(C(=O)CCl)O1. The van der Waals surface area contributed by atoms with Crippen LogP contribution in [0, 0.1) is 22.7 Å². The van der Waals surface area contributed by atoms with E-state index in [0.717, 1.165) is 32.1 Å². The van der Waals surface area contributed by atoms with Crippen molar-refractivity contribution >= 4 is 23.2 Å². The third kappa shape index (κ3) is 1.99. The van der Waals surface area contributed by atoms with E-state index in [4.69, 9.17) is 25.8 Å². The summed E-state index contributed by atoms with van der Waals surface area (Å²) < 4.78 is 19.5. The van der Waals surface area contributed by atoms with Crippen LogP contribution in [0.2, 0.25) is 0 Å². The Bertz CT molecular complexity index is 896. The lowest BCUT2D eigenvalue weighted by Gasteiger charge is -2.57. The molecule has 2 heterocycles. The lowest BCUT2D eigenvalue weighted by atomic mass is 9.46. The van der Waals surface area contributed by atoms with Crippen molar-refractivity contribution in [3.8, 4) is 0 Å². The highest BCUT2D eigenvalue weighted by atomic mass is 35.5. The van der Waals surface area contributed by atoms with Gasteiger partial charge in [0.05, 0.1) is 18.1 Å². The normalized spacial score (nSPS) is 55.0. The van der Waals surface area contributed by atoms with Gasteiger partial charge in [0.1, 0.15) is 5.60 Å². The minimum Gasteiger partial charge on any atom is -0.365 e. The lowest BCUT2D eigenvalue weighted by Crippen LogP contribution is -2.63. The molecule has 0 radical (unpaired) electrons. The molecule has 3 saturated carbocycles. The van der Waals surface area contributed by atoms with Crippen LogP contribution in [0.3, 0.4) is 0 Å². The summed E-state index contributed by atoms with van der Waals surface area (Å²) in [5, 5.41) is 0. The van der Waals surface area contributed by atoms with Crippen molar-refractivity contribution < 1.29 is 23.8 Å². The van der Waals surface area contributed by atoms with Gasteiger partial charge in [-0.15, -0.1) is 11.6 Å². The number of alkyl halides is 1. The van der Waals surface area contributed by atoms with E-state index in [0.29, 0.717) is 12.3 Å². The van der Waals surface area contributed by atoms with E-state index in [1.807, 2.05) is 19.9 Å². The standard InChI is InChI=1S/C24H31ClO5/c1-20(2)28-18-10-16-15-6-5-13-9-14(26)7-8-21(13,3)23(15)19(29-23)11-22(16,4)24(18,30-20)17(27)12-25/h9,15-16,18-19H,5-8,10-12H2,1-4H3/t15-,16-,18+,19-,21-,22-,23-,24+/m0/s1. The Morgan fingerprint density at radius 3 is 2.63 bits per heavy atom. The number of carbonyl (C=O) groups excluding carboxylic acids is 2. The summed E-state index contributed by atoms with van der Waals surface area (Å²) in [6, 6.07) is 0. The second-order valence-corrected chi connectivity index (χ2v) is 11.6. The second kappa shape index (κ2) is 5.59. The van der Waals surface area contributed by atoms with Crippen LogP contribution in [0.5, 0.6) is 0 Å². The molecule has 0 unspecified atom stereocenters. The van der Waals surface area contributed by atoms with Crippen molar-refractivity contribution in [1.29, 1.82) is 0 Å². The van der Waals surface area contributed by atoms with Crippen LogP contribution in [0.4, 0.5) is 0 Å². The Labute approximate surface area is 182 Å². The molecular weight excluding hydrogens is 404 g/mol. The van der Waals surface area contributed by atoms with E-state index in [9.17, 15) is 9.59 Å². The number of epoxide rings is 1. The molecular formula is C24H31ClO5. The Balaban J connectivity index is 1.45. The zero-order chi connectivity index (χ0) is 21.3. The molecule has 0 aromatic rings. The number of fused-ring (bicyclic) bond motifs is 5. The Hall–Kier alpha value is -0.750. The average molecular weight is 435 g/mol. The number of Topliss-reactive ketones (excluding diaryl/α,β-unsaturated/α-hetero) is 1. The maximum Gasteiger partial charge on any atom is 0.182 e. The van der Waals surface area contributed by atoms with Crippen LogP contribution < -0.4 is 0 Å². The van der Waals surface area contributed by atoms with E-state index >= 15 is 0 Å². The van der Waals surface area contributed by atoms with Crippen molar-refractivity contribution in [3.63, 3.8) is 0 Å². The summed E-state index contributed by atoms with van der Waals surface area (Å²) in [5.74, 6) is -0.0351. The third-order valence-electron chi connectivity index (χ3n) is 9.86. The molecule has 0 aromatic carbocycles. The first kappa shape index (κ1) is 19.9. The van der Waals surface area contributed by atoms with Gasteiger partial charge in [0.15, 0.2) is 23.0 Å². The number of halogens is 1. The number of ketones is 2. The number of rotatable bonds is 2. The third-order valence-corrected chi connectivity index (χ3v) is 10.1. The molecule has 6 aliphatic rings. The van der Waals surface area contributed by atoms with Gasteiger partial charge in [-0.2, -0.15) is 0 Å². The molecule has 2 aliphatic heterocycles. The molecule has 4 aliphatic carbocycles. The molecule has 6 rings (SSSR count). The molecule has 0 bridgehead atoms. The maximum atomic E-state index is 13.3. The second-order valence-electron chi connectivity index (χ2n) is 11.4. The maximum absolute atomic E-state index is 13.3. The fraction of sp³-hybridized carbons (Fsp3) is 0.833. The van der Waals surface area contributed by atoms with Gasteiger partial charge in [-0.25, -0.2) is 0 Å². The summed E-state index contributed by atoms with van der Waals surface area (Å²) in [4.78, 5) is 25.5. The van der Waals surface area contributed by atoms with Gasteiger partial charge < -0.3 is 14.2 Å². The molecule has 0 N–H and O–H groups in total. The van der Waals surface area contributed by atoms with Crippen molar-refractivity contribution in [3.05, 3.63) is 11.6 Å².